The number of halogens is 1. The highest BCUT2D eigenvalue weighted by molar-refractivity contribution is 6.33. The minimum Gasteiger partial charge on any atom is -0.339 e. The zero-order valence-electron chi connectivity index (χ0n) is 11.8. The van der Waals surface area contributed by atoms with Crippen LogP contribution in [0.25, 0.3) is 0 Å². The van der Waals surface area contributed by atoms with Gasteiger partial charge in [0.2, 0.25) is 0 Å². The third-order valence-electron chi connectivity index (χ3n) is 4.01. The molecule has 0 N–H and O–H groups in total. The molecule has 0 unspecified atom stereocenters. The van der Waals surface area contributed by atoms with Crippen molar-refractivity contribution in [1.82, 2.24) is 9.88 Å². The van der Waals surface area contributed by atoms with Gasteiger partial charge in [0.05, 0.1) is 10.6 Å². The lowest BCUT2D eigenvalue weighted by molar-refractivity contribution is 0.0609. The molecule has 104 valence electrons. The first-order valence-corrected chi connectivity index (χ1v) is 7.16. The molecule has 1 fully saturated rings. The summed E-state index contributed by atoms with van der Waals surface area (Å²) < 4.78 is 0. The van der Waals surface area contributed by atoms with E-state index in [1.807, 2.05) is 4.90 Å². The van der Waals surface area contributed by atoms with Crippen molar-refractivity contribution in [3.8, 4) is 0 Å². The van der Waals surface area contributed by atoms with Crippen LogP contribution in [0.1, 0.15) is 44.0 Å². The summed E-state index contributed by atoms with van der Waals surface area (Å²) in [6, 6.07) is 1.69. The van der Waals surface area contributed by atoms with Crippen LogP contribution in [0.4, 0.5) is 0 Å². The summed E-state index contributed by atoms with van der Waals surface area (Å²) in [5.41, 5.74) is 0.884. The lowest BCUT2D eigenvalue weighted by Crippen LogP contribution is -2.41. The summed E-state index contributed by atoms with van der Waals surface area (Å²) in [4.78, 5) is 18.2. The highest BCUT2D eigenvalue weighted by Gasteiger charge is 2.31. The van der Waals surface area contributed by atoms with Crippen LogP contribution in [-0.2, 0) is 0 Å². The summed E-state index contributed by atoms with van der Waals surface area (Å²) in [5.74, 6) is 0.712. The number of hydrogen-bond donors (Lipinski definition) is 0. The van der Waals surface area contributed by atoms with Crippen molar-refractivity contribution < 1.29 is 4.79 Å². The Balaban J connectivity index is 2.03. The maximum Gasteiger partial charge on any atom is 0.255 e. The van der Waals surface area contributed by atoms with Gasteiger partial charge in [-0.3, -0.25) is 9.78 Å². The predicted molar refractivity (Wildman–Crippen MR) is 77.3 cm³/mol. The number of carbonyl (C=O) groups excluding carboxylic acids is 1. The molecule has 0 bridgehead atoms. The lowest BCUT2D eigenvalue weighted by Gasteiger charge is -2.38. The highest BCUT2D eigenvalue weighted by atomic mass is 35.5. The normalized spacial score (nSPS) is 17.6. The SMILES string of the molecule is CC(C)(C)C1CCN(C(=O)c2ccncc2Cl)CC1. The Labute approximate surface area is 120 Å². The lowest BCUT2D eigenvalue weighted by atomic mass is 9.75. The van der Waals surface area contributed by atoms with Gasteiger partial charge in [-0.15, -0.1) is 0 Å². The summed E-state index contributed by atoms with van der Waals surface area (Å²) >= 11 is 6.03. The molecular weight excluding hydrogens is 260 g/mol. The fourth-order valence-corrected chi connectivity index (χ4v) is 2.87. The predicted octanol–water partition coefficient (Wildman–Crippen LogP) is 3.63. The molecule has 1 aliphatic heterocycles. The van der Waals surface area contributed by atoms with Crippen molar-refractivity contribution >= 4 is 17.5 Å². The highest BCUT2D eigenvalue weighted by Crippen LogP contribution is 2.34. The quantitative estimate of drug-likeness (QED) is 0.787. The number of hydrogen-bond acceptors (Lipinski definition) is 2. The van der Waals surface area contributed by atoms with Gasteiger partial charge in [-0.1, -0.05) is 32.4 Å². The number of aromatic nitrogens is 1. The Kier molecular flexibility index (Phi) is 4.14. The van der Waals surface area contributed by atoms with E-state index in [0.717, 1.165) is 25.9 Å². The largest absolute Gasteiger partial charge is 0.339 e. The number of pyridine rings is 1. The summed E-state index contributed by atoms with van der Waals surface area (Å²) in [6.45, 7) is 8.46. The Morgan fingerprint density at radius 2 is 2.00 bits per heavy atom. The van der Waals surface area contributed by atoms with Gasteiger partial charge in [-0.05, 0) is 30.2 Å². The molecule has 19 heavy (non-hydrogen) atoms. The Bertz CT molecular complexity index is 459. The number of piperidine rings is 1. The van der Waals surface area contributed by atoms with Crippen LogP contribution >= 0.6 is 11.6 Å². The molecule has 1 aromatic rings. The van der Waals surface area contributed by atoms with Crippen LogP contribution in [0, 0.1) is 11.3 Å². The first kappa shape index (κ1) is 14.3. The number of rotatable bonds is 1. The monoisotopic (exact) mass is 280 g/mol. The van der Waals surface area contributed by atoms with Gasteiger partial charge in [0.1, 0.15) is 0 Å². The molecule has 4 heteroatoms. The minimum atomic E-state index is 0.0276. The second-order valence-corrected chi connectivity index (χ2v) is 6.70. The van der Waals surface area contributed by atoms with E-state index < -0.39 is 0 Å². The minimum absolute atomic E-state index is 0.0276. The molecule has 0 aliphatic carbocycles. The van der Waals surface area contributed by atoms with Crippen LogP contribution < -0.4 is 0 Å². The van der Waals surface area contributed by atoms with E-state index in [9.17, 15) is 4.79 Å². The average molecular weight is 281 g/mol. The molecule has 0 radical (unpaired) electrons. The van der Waals surface area contributed by atoms with Crippen molar-refractivity contribution in [2.45, 2.75) is 33.6 Å². The Morgan fingerprint density at radius 3 is 2.53 bits per heavy atom. The third kappa shape index (κ3) is 3.27. The smallest absolute Gasteiger partial charge is 0.255 e. The topological polar surface area (TPSA) is 33.2 Å². The van der Waals surface area contributed by atoms with E-state index in [1.54, 1.807) is 12.3 Å². The summed E-state index contributed by atoms with van der Waals surface area (Å²) in [7, 11) is 0. The molecule has 3 nitrogen and oxygen atoms in total. The molecule has 1 aromatic heterocycles. The standard InChI is InChI=1S/C15H21ClN2O/c1-15(2,3)11-5-8-18(9-6-11)14(19)12-4-7-17-10-13(12)16/h4,7,10-11H,5-6,8-9H2,1-3H3. The van der Waals surface area contributed by atoms with Gasteiger partial charge in [0.15, 0.2) is 0 Å². The zero-order valence-corrected chi connectivity index (χ0v) is 12.6. The van der Waals surface area contributed by atoms with Gasteiger partial charge in [-0.2, -0.15) is 0 Å². The average Bonchev–Trinajstić information content (AvgIpc) is 2.38. The van der Waals surface area contributed by atoms with Crippen molar-refractivity contribution in [1.29, 1.82) is 0 Å². The van der Waals surface area contributed by atoms with Crippen LogP contribution in [0.5, 0.6) is 0 Å². The van der Waals surface area contributed by atoms with Crippen LogP contribution in [-0.4, -0.2) is 28.9 Å². The van der Waals surface area contributed by atoms with Gasteiger partial charge < -0.3 is 4.90 Å². The second kappa shape index (κ2) is 5.49. The van der Waals surface area contributed by atoms with E-state index in [1.165, 1.54) is 6.20 Å². The Hall–Kier alpha value is -1.09. The fourth-order valence-electron chi connectivity index (χ4n) is 2.67. The number of amides is 1. The number of carbonyl (C=O) groups is 1. The number of likely N-dealkylation sites (tertiary alicyclic amines) is 1. The number of nitrogens with zero attached hydrogens (tertiary/aromatic N) is 2. The molecule has 2 heterocycles. The van der Waals surface area contributed by atoms with Crippen molar-refractivity contribution in [2.75, 3.05) is 13.1 Å². The van der Waals surface area contributed by atoms with Crippen LogP contribution in [0.2, 0.25) is 5.02 Å². The maximum absolute atomic E-state index is 12.4. The van der Waals surface area contributed by atoms with Gasteiger partial charge in [0, 0.05) is 25.5 Å². The van der Waals surface area contributed by atoms with Gasteiger partial charge >= 0.3 is 0 Å². The van der Waals surface area contributed by atoms with Crippen molar-refractivity contribution in [3.63, 3.8) is 0 Å². The first-order valence-electron chi connectivity index (χ1n) is 6.78. The van der Waals surface area contributed by atoms with Crippen LogP contribution in [0.3, 0.4) is 0 Å². The molecule has 1 saturated heterocycles. The van der Waals surface area contributed by atoms with E-state index in [0.29, 0.717) is 21.9 Å². The van der Waals surface area contributed by atoms with E-state index in [4.69, 9.17) is 11.6 Å². The third-order valence-corrected chi connectivity index (χ3v) is 4.31. The molecule has 1 aliphatic rings. The molecule has 0 spiro atoms. The molecule has 2 rings (SSSR count). The van der Waals surface area contributed by atoms with Gasteiger partial charge in [-0.25, -0.2) is 0 Å². The molecule has 0 saturated carbocycles. The first-order chi connectivity index (χ1) is 8.89. The molecule has 1 amide bonds. The fraction of sp³-hybridized carbons (Fsp3) is 0.600. The summed E-state index contributed by atoms with van der Waals surface area (Å²) in [6.07, 6.45) is 5.27. The zero-order chi connectivity index (χ0) is 14.0. The molecule has 0 atom stereocenters. The van der Waals surface area contributed by atoms with Crippen molar-refractivity contribution in [2.24, 2.45) is 11.3 Å². The molecule has 0 aromatic carbocycles. The summed E-state index contributed by atoms with van der Waals surface area (Å²) in [5, 5.41) is 0.436. The molecular formula is C15H21ClN2O. The van der Waals surface area contributed by atoms with E-state index in [-0.39, 0.29) is 5.91 Å². The maximum atomic E-state index is 12.4. The second-order valence-electron chi connectivity index (χ2n) is 6.29. The van der Waals surface area contributed by atoms with E-state index in [2.05, 4.69) is 25.8 Å². The van der Waals surface area contributed by atoms with E-state index >= 15 is 0 Å². The van der Waals surface area contributed by atoms with Crippen LogP contribution in [0.15, 0.2) is 18.5 Å². The Morgan fingerprint density at radius 1 is 1.37 bits per heavy atom. The van der Waals surface area contributed by atoms with Crippen molar-refractivity contribution in [3.05, 3.63) is 29.0 Å². The van der Waals surface area contributed by atoms with Gasteiger partial charge in [0.25, 0.3) is 5.91 Å².